The van der Waals surface area contributed by atoms with Crippen LogP contribution in [0.25, 0.3) is 0 Å². The molecule has 0 aliphatic carbocycles. The first-order valence-electron chi connectivity index (χ1n) is 0.786. The highest BCUT2D eigenvalue weighted by Gasteiger charge is 1.87. The average molecular weight is 98.0 g/mol. The van der Waals surface area contributed by atoms with Crippen molar-refractivity contribution in [3.63, 3.8) is 0 Å². The van der Waals surface area contributed by atoms with Crippen LogP contribution in [0.1, 0.15) is 0 Å². The lowest BCUT2D eigenvalue weighted by atomic mass is 11.5. The molecule has 5 heteroatoms. The van der Waals surface area contributed by atoms with E-state index in [0.717, 1.165) is 0 Å². The van der Waals surface area contributed by atoms with Gasteiger partial charge in [0.2, 0.25) is 0 Å². The molecule has 0 heterocycles. The summed E-state index contributed by atoms with van der Waals surface area (Å²) in [5.74, 6) is 0. The second kappa shape index (κ2) is 4.16. The number of halogens is 1. The average Bonchev–Trinajstić information content (AvgIpc) is 1.38. The van der Waals surface area contributed by atoms with Gasteiger partial charge in [-0.15, -0.1) is 0 Å². The lowest BCUT2D eigenvalue weighted by Gasteiger charge is -1.70. The largest absolute Gasteiger partial charge is 0.542 e. The van der Waals surface area contributed by atoms with Gasteiger partial charge in [0.05, 0.1) is 0 Å². The van der Waals surface area contributed by atoms with Crippen LogP contribution in [0.4, 0.5) is 9.32 Å². The SMILES string of the molecule is O.O=C(O)OF. The minimum absolute atomic E-state index is 0. The van der Waals surface area contributed by atoms with E-state index in [4.69, 9.17) is 9.90 Å². The maximum absolute atomic E-state index is 10.0. The van der Waals surface area contributed by atoms with E-state index < -0.39 is 6.16 Å². The smallest absolute Gasteiger partial charge is 0.448 e. The Balaban J connectivity index is 0. The van der Waals surface area contributed by atoms with Gasteiger partial charge < -0.3 is 10.6 Å². The minimum atomic E-state index is -1.91. The van der Waals surface area contributed by atoms with E-state index in [-0.39, 0.29) is 5.48 Å². The van der Waals surface area contributed by atoms with Crippen LogP contribution in [-0.4, -0.2) is 16.7 Å². The normalized spacial score (nSPS) is 5.50. The highest BCUT2D eigenvalue weighted by Crippen LogP contribution is 1.69. The Morgan fingerprint density at radius 3 is 2.00 bits per heavy atom. The maximum atomic E-state index is 10.0. The molecule has 4 nitrogen and oxygen atoms in total. The Morgan fingerprint density at radius 2 is 2.00 bits per heavy atom. The first-order valence-corrected chi connectivity index (χ1v) is 0.786. The summed E-state index contributed by atoms with van der Waals surface area (Å²) in [4.78, 5) is 10.9. The fraction of sp³-hybridized carbons (Fsp3) is 0. The molecular weight excluding hydrogens is 95.0 g/mol. The van der Waals surface area contributed by atoms with Crippen LogP contribution in [0.15, 0.2) is 0 Å². The summed E-state index contributed by atoms with van der Waals surface area (Å²) in [6.07, 6.45) is -1.91. The van der Waals surface area contributed by atoms with Gasteiger partial charge in [0, 0.05) is 4.53 Å². The lowest BCUT2D eigenvalue weighted by molar-refractivity contribution is -0.0884. The predicted octanol–water partition coefficient (Wildman–Crippen LogP) is -0.259. The third kappa shape index (κ3) is 11.0. The van der Waals surface area contributed by atoms with Gasteiger partial charge in [0.1, 0.15) is 0 Å². The van der Waals surface area contributed by atoms with Crippen LogP contribution in [-0.2, 0) is 4.94 Å². The van der Waals surface area contributed by atoms with Crippen molar-refractivity contribution in [1.82, 2.24) is 0 Å². The molecule has 0 radical (unpaired) electrons. The Hall–Kier alpha value is -0.840. The van der Waals surface area contributed by atoms with E-state index in [0.29, 0.717) is 0 Å². The molecule has 0 unspecified atom stereocenters. The van der Waals surface area contributed by atoms with Crippen LogP contribution in [0.3, 0.4) is 0 Å². The van der Waals surface area contributed by atoms with E-state index in [1.54, 1.807) is 0 Å². The zero-order valence-electron chi connectivity index (χ0n) is 2.64. The van der Waals surface area contributed by atoms with Crippen molar-refractivity contribution < 1.29 is 24.8 Å². The van der Waals surface area contributed by atoms with Crippen molar-refractivity contribution in [2.24, 2.45) is 0 Å². The molecule has 0 aliphatic rings. The summed E-state index contributed by atoms with van der Waals surface area (Å²) in [5.41, 5.74) is 0. The minimum Gasteiger partial charge on any atom is -0.448 e. The lowest BCUT2D eigenvalue weighted by Crippen LogP contribution is -1.86. The second-order valence-corrected chi connectivity index (χ2v) is 0.343. The summed E-state index contributed by atoms with van der Waals surface area (Å²) in [7, 11) is 0. The van der Waals surface area contributed by atoms with Crippen molar-refractivity contribution in [2.45, 2.75) is 0 Å². The molecule has 0 rings (SSSR count). The molecule has 0 spiro atoms. The molecule has 0 aromatic carbocycles. The standard InChI is InChI=1S/CHFO3.H2O/c2-5-1(3)4;/h(H,3,4);1H2. The van der Waals surface area contributed by atoms with E-state index in [2.05, 4.69) is 4.94 Å². The van der Waals surface area contributed by atoms with E-state index in [9.17, 15) is 4.53 Å². The van der Waals surface area contributed by atoms with Gasteiger partial charge in [0.25, 0.3) is 0 Å². The summed E-state index contributed by atoms with van der Waals surface area (Å²) in [5, 5.41) is 7.12. The van der Waals surface area contributed by atoms with Crippen LogP contribution >= 0.6 is 0 Å². The summed E-state index contributed by atoms with van der Waals surface area (Å²) in [6.45, 7) is 0. The molecule has 0 saturated heterocycles. The number of carboxylic acid groups (broad SMARTS) is 1. The number of rotatable bonds is 0. The van der Waals surface area contributed by atoms with Crippen LogP contribution in [0, 0.1) is 0 Å². The van der Waals surface area contributed by atoms with Gasteiger partial charge >= 0.3 is 6.16 Å². The third-order valence-corrected chi connectivity index (χ3v) is 0.0660. The highest BCUT2D eigenvalue weighted by molar-refractivity contribution is 5.55. The van der Waals surface area contributed by atoms with E-state index in [1.807, 2.05) is 0 Å². The number of hydrogen-bond acceptors (Lipinski definition) is 2. The number of carbonyl (C=O) groups is 1. The van der Waals surface area contributed by atoms with Crippen molar-refractivity contribution in [3.05, 3.63) is 0 Å². The molecule has 38 valence electrons. The Morgan fingerprint density at radius 1 is 1.83 bits per heavy atom. The Labute approximate surface area is 32.4 Å². The van der Waals surface area contributed by atoms with E-state index >= 15 is 0 Å². The predicted molar refractivity (Wildman–Crippen MR) is 13.8 cm³/mol. The number of hydrogen-bond donors (Lipinski definition) is 1. The Kier molecular flexibility index (Phi) is 6.20. The van der Waals surface area contributed by atoms with Crippen molar-refractivity contribution >= 4 is 6.16 Å². The maximum Gasteiger partial charge on any atom is 0.542 e. The molecular formula is CH3FO4. The molecule has 6 heavy (non-hydrogen) atoms. The van der Waals surface area contributed by atoms with Gasteiger partial charge in [-0.1, -0.05) is 0 Å². The third-order valence-electron chi connectivity index (χ3n) is 0.0660. The first kappa shape index (κ1) is 8.94. The molecule has 0 saturated carbocycles. The molecule has 0 aromatic heterocycles. The molecule has 0 aromatic rings. The fourth-order valence-corrected chi connectivity index (χ4v) is 0. The summed E-state index contributed by atoms with van der Waals surface area (Å²) >= 11 is 0. The molecule has 3 N–H and O–H groups in total. The first-order chi connectivity index (χ1) is 2.27. The summed E-state index contributed by atoms with van der Waals surface area (Å²) < 4.78 is 10.0. The van der Waals surface area contributed by atoms with Gasteiger partial charge in [0.15, 0.2) is 0 Å². The molecule has 0 amide bonds. The zero-order chi connectivity index (χ0) is 4.28. The van der Waals surface area contributed by atoms with Crippen molar-refractivity contribution in [1.29, 1.82) is 0 Å². The van der Waals surface area contributed by atoms with Crippen LogP contribution in [0.2, 0.25) is 0 Å². The molecule has 0 atom stereocenters. The fourth-order valence-electron chi connectivity index (χ4n) is 0. The van der Waals surface area contributed by atoms with E-state index in [1.165, 1.54) is 0 Å². The zero-order valence-corrected chi connectivity index (χ0v) is 2.64. The van der Waals surface area contributed by atoms with Gasteiger partial charge in [-0.3, -0.25) is 0 Å². The van der Waals surface area contributed by atoms with Crippen molar-refractivity contribution in [3.8, 4) is 0 Å². The Bertz CT molecular complexity index is 42.8. The van der Waals surface area contributed by atoms with Crippen LogP contribution < -0.4 is 0 Å². The van der Waals surface area contributed by atoms with Crippen LogP contribution in [0.5, 0.6) is 0 Å². The van der Waals surface area contributed by atoms with Gasteiger partial charge in [-0.2, -0.15) is 0 Å². The second-order valence-electron chi connectivity index (χ2n) is 0.343. The van der Waals surface area contributed by atoms with Gasteiger partial charge in [-0.05, 0) is 0 Å². The topological polar surface area (TPSA) is 78.0 Å². The monoisotopic (exact) mass is 98.0 g/mol. The quantitative estimate of drug-likeness (QED) is 0.453. The molecule has 0 aliphatic heterocycles. The van der Waals surface area contributed by atoms with Gasteiger partial charge in [-0.25, -0.2) is 9.74 Å². The summed E-state index contributed by atoms with van der Waals surface area (Å²) in [6, 6.07) is 0. The highest BCUT2D eigenvalue weighted by atomic mass is 19.3. The van der Waals surface area contributed by atoms with Crippen molar-refractivity contribution in [2.75, 3.05) is 0 Å². The molecule has 0 bridgehead atoms. The molecule has 0 fully saturated rings.